The number of nitrogens with zero attached hydrogens (tertiary/aromatic N) is 4. The molecule has 5 aromatic rings. The summed E-state index contributed by atoms with van der Waals surface area (Å²) in [6.45, 7) is 0.372. The zero-order chi connectivity index (χ0) is 20.0. The Morgan fingerprint density at radius 1 is 1.00 bits per heavy atom. The van der Waals surface area contributed by atoms with Crippen LogP contribution in [0.2, 0.25) is 5.02 Å². The number of rotatable bonds is 4. The smallest absolute Gasteiger partial charge is 0.357 e. The number of halogens is 1. The summed E-state index contributed by atoms with van der Waals surface area (Å²) in [6.07, 6.45) is 1.95. The van der Waals surface area contributed by atoms with Crippen LogP contribution >= 0.6 is 11.6 Å². The van der Waals surface area contributed by atoms with Gasteiger partial charge < -0.3 is 9.51 Å². The first kappa shape index (κ1) is 17.5. The van der Waals surface area contributed by atoms with E-state index in [-0.39, 0.29) is 5.69 Å². The fourth-order valence-electron chi connectivity index (χ4n) is 3.58. The minimum atomic E-state index is -1.05. The SMILES string of the molecule is O=C(O)c1nn(Cc2c(-c3ccc(Cl)cc3)nc3ccccn23)c2ccccc12. The van der Waals surface area contributed by atoms with Gasteiger partial charge in [-0.3, -0.25) is 4.68 Å². The standard InChI is InChI=1S/C22H15ClN4O2/c23-15-10-8-14(9-11-15)20-18(26-12-4-3-7-19(26)24-20)13-27-17-6-2-1-5-16(17)21(25-27)22(28)29/h1-12H,13H2,(H,28,29). The number of fused-ring (bicyclic) bond motifs is 2. The first-order chi connectivity index (χ1) is 14.1. The molecule has 5 rings (SSSR count). The van der Waals surface area contributed by atoms with E-state index in [1.807, 2.05) is 71.3 Å². The number of pyridine rings is 1. The van der Waals surface area contributed by atoms with Gasteiger partial charge in [0.25, 0.3) is 0 Å². The van der Waals surface area contributed by atoms with E-state index in [1.165, 1.54) is 0 Å². The second-order valence-corrected chi connectivity index (χ2v) is 7.11. The number of carbonyl (C=O) groups is 1. The lowest BCUT2D eigenvalue weighted by Gasteiger charge is -2.07. The summed E-state index contributed by atoms with van der Waals surface area (Å²) < 4.78 is 3.72. The summed E-state index contributed by atoms with van der Waals surface area (Å²) in [5.41, 5.74) is 4.27. The maximum absolute atomic E-state index is 11.7. The Hall–Kier alpha value is -3.64. The summed E-state index contributed by atoms with van der Waals surface area (Å²) in [7, 11) is 0. The van der Waals surface area contributed by atoms with Crippen LogP contribution in [0.25, 0.3) is 27.8 Å². The molecule has 0 unspecified atom stereocenters. The van der Waals surface area contributed by atoms with Crippen LogP contribution in [0.1, 0.15) is 16.2 Å². The fraction of sp³-hybridized carbons (Fsp3) is 0.0455. The Bertz CT molecular complexity index is 1370. The van der Waals surface area contributed by atoms with Crippen LogP contribution < -0.4 is 0 Å². The van der Waals surface area contributed by atoms with Crippen LogP contribution in [0.15, 0.2) is 72.9 Å². The summed E-state index contributed by atoms with van der Waals surface area (Å²) in [5, 5.41) is 15.2. The third-order valence-corrected chi connectivity index (χ3v) is 5.16. The van der Waals surface area contributed by atoms with Crippen molar-refractivity contribution in [2.75, 3.05) is 0 Å². The van der Waals surface area contributed by atoms with Gasteiger partial charge in [-0.25, -0.2) is 9.78 Å². The van der Waals surface area contributed by atoms with Crippen molar-refractivity contribution in [2.45, 2.75) is 6.54 Å². The molecule has 142 valence electrons. The molecule has 2 aromatic carbocycles. The van der Waals surface area contributed by atoms with Crippen molar-refractivity contribution in [3.8, 4) is 11.3 Å². The molecular formula is C22H15ClN4O2. The Morgan fingerprint density at radius 3 is 2.55 bits per heavy atom. The number of imidazole rings is 1. The van der Waals surface area contributed by atoms with Gasteiger partial charge in [-0.1, -0.05) is 48.0 Å². The van der Waals surface area contributed by atoms with Gasteiger partial charge in [-0.15, -0.1) is 0 Å². The second-order valence-electron chi connectivity index (χ2n) is 6.67. The quantitative estimate of drug-likeness (QED) is 0.470. The molecule has 0 amide bonds. The molecule has 0 aliphatic heterocycles. The van der Waals surface area contributed by atoms with Gasteiger partial charge in [-0.2, -0.15) is 5.10 Å². The third kappa shape index (κ3) is 2.94. The Kier molecular flexibility index (Phi) is 4.07. The lowest BCUT2D eigenvalue weighted by molar-refractivity contribution is 0.0691. The van der Waals surface area contributed by atoms with Crippen molar-refractivity contribution in [1.82, 2.24) is 19.2 Å². The fourth-order valence-corrected chi connectivity index (χ4v) is 3.71. The number of aromatic nitrogens is 4. The molecule has 0 aliphatic rings. The van der Waals surface area contributed by atoms with E-state index in [1.54, 1.807) is 10.7 Å². The van der Waals surface area contributed by atoms with Crippen molar-refractivity contribution < 1.29 is 9.90 Å². The van der Waals surface area contributed by atoms with Crippen LogP contribution in [-0.4, -0.2) is 30.2 Å². The first-order valence-corrected chi connectivity index (χ1v) is 9.40. The van der Waals surface area contributed by atoms with Crippen LogP contribution in [0.5, 0.6) is 0 Å². The van der Waals surface area contributed by atoms with Gasteiger partial charge >= 0.3 is 5.97 Å². The third-order valence-electron chi connectivity index (χ3n) is 4.91. The predicted octanol–water partition coefficient (Wildman–Crippen LogP) is 4.75. The van der Waals surface area contributed by atoms with Crippen molar-refractivity contribution in [2.24, 2.45) is 0 Å². The van der Waals surface area contributed by atoms with E-state index in [4.69, 9.17) is 16.6 Å². The molecule has 29 heavy (non-hydrogen) atoms. The number of hydrogen-bond donors (Lipinski definition) is 1. The largest absolute Gasteiger partial charge is 0.476 e. The van der Waals surface area contributed by atoms with Crippen molar-refractivity contribution in [3.05, 3.63) is 89.3 Å². The highest BCUT2D eigenvalue weighted by molar-refractivity contribution is 6.30. The van der Waals surface area contributed by atoms with Crippen LogP contribution in [-0.2, 0) is 6.54 Å². The zero-order valence-electron chi connectivity index (χ0n) is 15.2. The predicted molar refractivity (Wildman–Crippen MR) is 111 cm³/mol. The summed E-state index contributed by atoms with van der Waals surface area (Å²) in [6, 6.07) is 20.7. The van der Waals surface area contributed by atoms with E-state index < -0.39 is 5.97 Å². The van der Waals surface area contributed by atoms with Crippen molar-refractivity contribution in [3.63, 3.8) is 0 Å². The average molecular weight is 403 g/mol. The molecule has 7 heteroatoms. The zero-order valence-corrected chi connectivity index (χ0v) is 15.9. The molecule has 0 bridgehead atoms. The maximum atomic E-state index is 11.7. The summed E-state index contributed by atoms with van der Waals surface area (Å²) in [5.74, 6) is -1.05. The van der Waals surface area contributed by atoms with Gasteiger partial charge in [0.2, 0.25) is 0 Å². The van der Waals surface area contributed by atoms with E-state index in [0.29, 0.717) is 17.0 Å². The van der Waals surface area contributed by atoms with Crippen LogP contribution in [0.3, 0.4) is 0 Å². The number of carboxylic acids is 1. The van der Waals surface area contributed by atoms with Gasteiger partial charge in [0, 0.05) is 22.2 Å². The van der Waals surface area contributed by atoms with Crippen molar-refractivity contribution in [1.29, 1.82) is 0 Å². The lowest BCUT2D eigenvalue weighted by atomic mass is 10.1. The van der Waals surface area contributed by atoms with Gasteiger partial charge in [0.1, 0.15) is 5.65 Å². The molecule has 6 nitrogen and oxygen atoms in total. The molecule has 3 heterocycles. The minimum Gasteiger partial charge on any atom is -0.476 e. The summed E-state index contributed by atoms with van der Waals surface area (Å²) >= 11 is 6.05. The number of benzene rings is 2. The highest BCUT2D eigenvalue weighted by Gasteiger charge is 2.19. The maximum Gasteiger partial charge on any atom is 0.357 e. The average Bonchev–Trinajstić information content (AvgIpc) is 3.28. The molecule has 1 N–H and O–H groups in total. The Balaban J connectivity index is 1.72. The van der Waals surface area contributed by atoms with Crippen LogP contribution in [0, 0.1) is 0 Å². The van der Waals surface area contributed by atoms with Crippen molar-refractivity contribution >= 4 is 34.1 Å². The monoisotopic (exact) mass is 402 g/mol. The molecule has 0 radical (unpaired) electrons. The lowest BCUT2D eigenvalue weighted by Crippen LogP contribution is -2.07. The van der Waals surface area contributed by atoms with Gasteiger partial charge in [0.15, 0.2) is 5.69 Å². The molecular weight excluding hydrogens is 388 g/mol. The van der Waals surface area contributed by atoms with E-state index in [2.05, 4.69) is 5.10 Å². The highest BCUT2D eigenvalue weighted by Crippen LogP contribution is 2.28. The number of aromatic carboxylic acids is 1. The second kappa shape index (κ2) is 6.76. The molecule has 0 aliphatic carbocycles. The van der Waals surface area contributed by atoms with E-state index in [9.17, 15) is 9.90 Å². The first-order valence-electron chi connectivity index (χ1n) is 9.02. The van der Waals surface area contributed by atoms with E-state index in [0.717, 1.165) is 28.1 Å². The topological polar surface area (TPSA) is 72.4 Å². The minimum absolute atomic E-state index is 0.0439. The highest BCUT2D eigenvalue weighted by atomic mass is 35.5. The number of para-hydroxylation sites is 1. The molecule has 0 saturated carbocycles. The number of carboxylic acid groups (broad SMARTS) is 1. The van der Waals surface area contributed by atoms with E-state index >= 15 is 0 Å². The molecule has 0 atom stereocenters. The molecule has 0 spiro atoms. The van der Waals surface area contributed by atoms with Crippen LogP contribution in [0.4, 0.5) is 0 Å². The molecule has 0 fully saturated rings. The van der Waals surface area contributed by atoms with Gasteiger partial charge in [-0.05, 0) is 30.3 Å². The summed E-state index contributed by atoms with van der Waals surface area (Å²) in [4.78, 5) is 16.5. The molecule has 3 aromatic heterocycles. The number of hydrogen-bond acceptors (Lipinski definition) is 3. The normalized spacial score (nSPS) is 11.3. The Morgan fingerprint density at radius 2 is 1.76 bits per heavy atom. The molecule has 0 saturated heterocycles. The van der Waals surface area contributed by atoms with Gasteiger partial charge in [0.05, 0.1) is 23.4 Å². The Labute approximate surface area is 170 Å².